The highest BCUT2D eigenvalue weighted by Crippen LogP contribution is 2.19. The predicted molar refractivity (Wildman–Crippen MR) is 100 cm³/mol. The molecule has 6 nitrogen and oxygen atoms in total. The number of hydrogen-bond donors (Lipinski definition) is 1. The molecular weight excluding hydrogens is 380 g/mol. The summed E-state index contributed by atoms with van der Waals surface area (Å²) in [5, 5.41) is 3.45. The first-order valence-electron chi connectivity index (χ1n) is 8.16. The van der Waals surface area contributed by atoms with Crippen molar-refractivity contribution in [3.05, 3.63) is 46.9 Å². The molecule has 1 saturated heterocycles. The van der Waals surface area contributed by atoms with E-state index in [1.165, 1.54) is 12.1 Å². The van der Waals surface area contributed by atoms with Crippen LogP contribution in [-0.2, 0) is 11.3 Å². The minimum atomic E-state index is -0.371. The number of alkyl halides is 1. The molecule has 2 aromatic rings. The largest absolute Gasteiger partial charge is 0.353 e. The Balaban J connectivity index is 1.61. The third-order valence-electron chi connectivity index (χ3n) is 4.16. The number of halogens is 3. The second kappa shape index (κ2) is 8.51. The second-order valence-electron chi connectivity index (χ2n) is 5.83. The van der Waals surface area contributed by atoms with E-state index in [0.29, 0.717) is 43.7 Å². The fourth-order valence-electron chi connectivity index (χ4n) is 2.72. The molecule has 1 aromatic heterocycles. The summed E-state index contributed by atoms with van der Waals surface area (Å²) in [4.78, 5) is 24.2. The fraction of sp³-hybridized carbons (Fsp3) is 0.353. The Labute approximate surface area is 160 Å². The van der Waals surface area contributed by atoms with Gasteiger partial charge in [-0.2, -0.15) is 4.98 Å². The van der Waals surface area contributed by atoms with Crippen molar-refractivity contribution in [2.24, 2.45) is 0 Å². The Morgan fingerprint density at radius 2 is 2.00 bits per heavy atom. The van der Waals surface area contributed by atoms with Gasteiger partial charge in [-0.05, 0) is 23.8 Å². The van der Waals surface area contributed by atoms with Gasteiger partial charge in [0.05, 0.1) is 0 Å². The predicted octanol–water partition coefficient (Wildman–Crippen LogP) is 2.77. The Morgan fingerprint density at radius 3 is 2.69 bits per heavy atom. The maximum Gasteiger partial charge on any atom is 0.237 e. The number of rotatable bonds is 5. The number of aromatic nitrogens is 2. The maximum atomic E-state index is 13.1. The van der Waals surface area contributed by atoms with E-state index in [1.807, 2.05) is 6.07 Å². The van der Waals surface area contributed by atoms with Crippen molar-refractivity contribution < 1.29 is 9.18 Å². The van der Waals surface area contributed by atoms with Gasteiger partial charge in [0.15, 0.2) is 0 Å². The molecule has 0 aliphatic carbocycles. The van der Waals surface area contributed by atoms with E-state index >= 15 is 0 Å². The molecule has 1 amide bonds. The summed E-state index contributed by atoms with van der Waals surface area (Å²) in [6, 6.07) is 6.09. The van der Waals surface area contributed by atoms with Crippen molar-refractivity contribution in [3.8, 4) is 0 Å². The van der Waals surface area contributed by atoms with Crippen molar-refractivity contribution in [2.45, 2.75) is 6.54 Å². The molecule has 0 spiro atoms. The van der Waals surface area contributed by atoms with Crippen molar-refractivity contribution in [2.75, 3.05) is 42.3 Å². The molecule has 1 aliphatic heterocycles. The van der Waals surface area contributed by atoms with Crippen LogP contribution < -0.4 is 10.2 Å². The Bertz CT molecular complexity index is 783. The molecule has 1 N–H and O–H groups in total. The number of carbonyl (C=O) groups is 1. The molecular formula is C17H18Cl2FN5O. The molecule has 0 radical (unpaired) electrons. The van der Waals surface area contributed by atoms with Gasteiger partial charge in [0.2, 0.25) is 11.9 Å². The van der Waals surface area contributed by atoms with Gasteiger partial charge in [-0.25, -0.2) is 9.37 Å². The third-order valence-corrected chi connectivity index (χ3v) is 4.74. The summed E-state index contributed by atoms with van der Waals surface area (Å²) in [6.07, 6.45) is 1.67. The lowest BCUT2D eigenvalue weighted by Gasteiger charge is -2.35. The Morgan fingerprint density at radius 1 is 1.23 bits per heavy atom. The maximum absolute atomic E-state index is 13.1. The van der Waals surface area contributed by atoms with Gasteiger partial charge in [0.1, 0.15) is 17.5 Å². The van der Waals surface area contributed by atoms with Crippen LogP contribution in [-0.4, -0.2) is 52.8 Å². The van der Waals surface area contributed by atoms with Crippen molar-refractivity contribution in [3.63, 3.8) is 0 Å². The van der Waals surface area contributed by atoms with Crippen LogP contribution in [0, 0.1) is 5.82 Å². The fourth-order valence-corrected chi connectivity index (χ4v) is 3.12. The summed E-state index contributed by atoms with van der Waals surface area (Å²) in [5.74, 6) is 0.831. The molecule has 0 atom stereocenters. The molecule has 0 unspecified atom stereocenters. The van der Waals surface area contributed by atoms with Gasteiger partial charge in [-0.1, -0.05) is 17.7 Å². The molecule has 1 fully saturated rings. The summed E-state index contributed by atoms with van der Waals surface area (Å²) >= 11 is 11.6. The number of carbonyl (C=O) groups excluding carboxylic acids is 1. The van der Waals surface area contributed by atoms with E-state index in [2.05, 4.69) is 20.2 Å². The van der Waals surface area contributed by atoms with Crippen molar-refractivity contribution in [1.29, 1.82) is 0 Å². The zero-order valence-electron chi connectivity index (χ0n) is 14.0. The van der Waals surface area contributed by atoms with E-state index in [-0.39, 0.29) is 17.6 Å². The number of anilines is 2. The molecule has 1 aliphatic rings. The molecule has 3 rings (SSSR count). The minimum Gasteiger partial charge on any atom is -0.353 e. The SMILES string of the molecule is O=C(CCl)N1CCN(c2ccnc(NCc3ccc(F)cc3Cl)n2)CC1. The topological polar surface area (TPSA) is 61.4 Å². The van der Waals surface area contributed by atoms with Crippen LogP contribution in [0.2, 0.25) is 5.02 Å². The van der Waals surface area contributed by atoms with E-state index in [9.17, 15) is 9.18 Å². The summed E-state index contributed by atoms with van der Waals surface area (Å²) in [5.41, 5.74) is 0.760. The van der Waals surface area contributed by atoms with Crippen LogP contribution in [0.1, 0.15) is 5.56 Å². The van der Waals surface area contributed by atoms with Crippen LogP contribution in [0.5, 0.6) is 0 Å². The first-order chi connectivity index (χ1) is 12.6. The number of benzene rings is 1. The summed E-state index contributed by atoms with van der Waals surface area (Å²) in [7, 11) is 0. The Kier molecular flexibility index (Phi) is 6.11. The van der Waals surface area contributed by atoms with Gasteiger partial charge in [0.25, 0.3) is 0 Å². The van der Waals surface area contributed by atoms with Crippen LogP contribution in [0.3, 0.4) is 0 Å². The van der Waals surface area contributed by atoms with Gasteiger partial charge in [-0.3, -0.25) is 4.79 Å². The van der Waals surface area contributed by atoms with Gasteiger partial charge in [0, 0.05) is 43.9 Å². The standard InChI is InChI=1S/C17H18Cl2FN5O/c18-10-16(26)25-7-5-24(6-8-25)15-3-4-21-17(23-15)22-11-12-1-2-13(20)9-14(12)19/h1-4,9H,5-8,10-11H2,(H,21,22,23). The van der Waals surface area contributed by atoms with Crippen LogP contribution in [0.15, 0.2) is 30.5 Å². The molecule has 26 heavy (non-hydrogen) atoms. The number of nitrogens with one attached hydrogen (secondary N) is 1. The average Bonchev–Trinajstić information content (AvgIpc) is 2.67. The first kappa shape index (κ1) is 18.7. The van der Waals surface area contributed by atoms with E-state index in [0.717, 1.165) is 11.4 Å². The zero-order valence-corrected chi connectivity index (χ0v) is 15.5. The van der Waals surface area contributed by atoms with Gasteiger partial charge in [-0.15, -0.1) is 11.6 Å². The quantitative estimate of drug-likeness (QED) is 0.785. The van der Waals surface area contributed by atoms with Gasteiger partial charge >= 0.3 is 0 Å². The Hall–Kier alpha value is -2.12. The lowest BCUT2D eigenvalue weighted by Crippen LogP contribution is -2.49. The van der Waals surface area contributed by atoms with E-state index < -0.39 is 0 Å². The smallest absolute Gasteiger partial charge is 0.237 e. The van der Waals surface area contributed by atoms with E-state index in [4.69, 9.17) is 23.2 Å². The summed E-state index contributed by atoms with van der Waals surface area (Å²) in [6.45, 7) is 2.99. The number of nitrogens with zero attached hydrogens (tertiary/aromatic N) is 4. The van der Waals surface area contributed by atoms with Gasteiger partial charge < -0.3 is 15.1 Å². The zero-order chi connectivity index (χ0) is 18.5. The lowest BCUT2D eigenvalue weighted by atomic mass is 10.2. The number of amides is 1. The third kappa shape index (κ3) is 4.53. The number of hydrogen-bond acceptors (Lipinski definition) is 5. The van der Waals surface area contributed by atoms with Crippen molar-refractivity contribution >= 4 is 40.9 Å². The van der Waals surface area contributed by atoms with Crippen LogP contribution in [0.4, 0.5) is 16.2 Å². The highest BCUT2D eigenvalue weighted by atomic mass is 35.5. The monoisotopic (exact) mass is 397 g/mol. The highest BCUT2D eigenvalue weighted by molar-refractivity contribution is 6.31. The second-order valence-corrected chi connectivity index (χ2v) is 6.50. The molecule has 0 bridgehead atoms. The average molecular weight is 398 g/mol. The lowest BCUT2D eigenvalue weighted by molar-refractivity contribution is -0.128. The normalized spacial score (nSPS) is 14.4. The molecule has 1 aromatic carbocycles. The number of piperazine rings is 1. The van der Waals surface area contributed by atoms with E-state index in [1.54, 1.807) is 17.2 Å². The minimum absolute atomic E-state index is 0.00746. The molecule has 0 saturated carbocycles. The van der Waals surface area contributed by atoms with Crippen molar-refractivity contribution in [1.82, 2.24) is 14.9 Å². The van der Waals surface area contributed by atoms with Crippen LogP contribution >= 0.6 is 23.2 Å². The van der Waals surface area contributed by atoms with Crippen LogP contribution in [0.25, 0.3) is 0 Å². The highest BCUT2D eigenvalue weighted by Gasteiger charge is 2.21. The molecule has 2 heterocycles. The summed E-state index contributed by atoms with van der Waals surface area (Å²) < 4.78 is 13.1. The first-order valence-corrected chi connectivity index (χ1v) is 9.07. The molecule has 138 valence electrons. The molecule has 9 heteroatoms.